The lowest BCUT2D eigenvalue weighted by Gasteiger charge is -2.34. The van der Waals surface area contributed by atoms with E-state index in [-0.39, 0.29) is 10.4 Å². The number of hydrogen-bond donors (Lipinski definition) is 4. The maximum Gasteiger partial charge on any atom is 0.340 e. The van der Waals surface area contributed by atoms with Crippen LogP contribution in [0.4, 0.5) is 0 Å². The van der Waals surface area contributed by atoms with E-state index in [1.807, 2.05) is 0 Å². The zero-order chi connectivity index (χ0) is 13.7. The van der Waals surface area contributed by atoms with Gasteiger partial charge in [-0.1, -0.05) is 6.58 Å². The molecule has 0 spiro atoms. The molecule has 6 heteroatoms. The monoisotopic (exact) mass is 270 g/mol. The second-order valence-corrected chi connectivity index (χ2v) is 5.63. The van der Waals surface area contributed by atoms with Crippen molar-refractivity contribution in [3.63, 3.8) is 0 Å². The number of hydrogen-bond acceptors (Lipinski definition) is 5. The van der Waals surface area contributed by atoms with Gasteiger partial charge in [0.05, 0.1) is 6.10 Å². The minimum Gasteiger partial charge on any atom is -0.479 e. The Morgan fingerprint density at radius 2 is 2.17 bits per heavy atom. The SMILES string of the molecule is C=C(C)c1cc2c(s1)[C@@H](O)C(O)C[C@]2(O)C(=O)O. The van der Waals surface area contributed by atoms with Gasteiger partial charge in [0.15, 0.2) is 5.60 Å². The highest BCUT2D eigenvalue weighted by atomic mass is 32.1. The number of fused-ring (bicyclic) bond motifs is 1. The van der Waals surface area contributed by atoms with E-state index in [9.17, 15) is 20.1 Å². The smallest absolute Gasteiger partial charge is 0.340 e. The van der Waals surface area contributed by atoms with Gasteiger partial charge in [-0.05, 0) is 18.6 Å². The average molecular weight is 270 g/mol. The highest BCUT2D eigenvalue weighted by molar-refractivity contribution is 7.13. The molecule has 5 nitrogen and oxygen atoms in total. The largest absolute Gasteiger partial charge is 0.479 e. The van der Waals surface area contributed by atoms with Gasteiger partial charge in [-0.15, -0.1) is 11.3 Å². The predicted octanol–water partition coefficient (Wildman–Crippen LogP) is 0.851. The highest BCUT2D eigenvalue weighted by Crippen LogP contribution is 2.46. The van der Waals surface area contributed by atoms with Crippen molar-refractivity contribution < 1.29 is 25.2 Å². The van der Waals surface area contributed by atoms with Crippen molar-refractivity contribution >= 4 is 22.9 Å². The molecule has 0 aliphatic heterocycles. The van der Waals surface area contributed by atoms with Crippen molar-refractivity contribution in [2.75, 3.05) is 0 Å². The van der Waals surface area contributed by atoms with E-state index in [0.717, 1.165) is 11.3 Å². The van der Waals surface area contributed by atoms with Crippen LogP contribution in [0, 0.1) is 0 Å². The Morgan fingerprint density at radius 1 is 1.56 bits per heavy atom. The number of aliphatic carboxylic acids is 1. The molecule has 98 valence electrons. The van der Waals surface area contributed by atoms with E-state index in [1.165, 1.54) is 6.07 Å². The summed E-state index contributed by atoms with van der Waals surface area (Å²) in [6.45, 7) is 5.49. The minimum atomic E-state index is -2.15. The molecule has 0 saturated heterocycles. The molecular weight excluding hydrogens is 256 g/mol. The molecular formula is C12H14O5S. The van der Waals surface area contributed by atoms with Gasteiger partial charge < -0.3 is 20.4 Å². The number of carboxylic acid groups (broad SMARTS) is 1. The van der Waals surface area contributed by atoms with Crippen molar-refractivity contribution in [2.24, 2.45) is 0 Å². The lowest BCUT2D eigenvalue weighted by atomic mass is 9.80. The Labute approximate surface area is 108 Å². The van der Waals surface area contributed by atoms with Crippen LogP contribution in [0.25, 0.3) is 5.57 Å². The van der Waals surface area contributed by atoms with E-state index in [0.29, 0.717) is 10.5 Å². The minimum absolute atomic E-state index is 0.149. The van der Waals surface area contributed by atoms with Crippen LogP contribution in [0.5, 0.6) is 0 Å². The van der Waals surface area contributed by atoms with Crippen LogP contribution in [0.3, 0.4) is 0 Å². The Kier molecular flexibility index (Phi) is 3.06. The summed E-state index contributed by atoms with van der Waals surface area (Å²) in [5, 5.41) is 38.9. The van der Waals surface area contributed by atoms with Crippen LogP contribution in [-0.2, 0) is 10.4 Å². The van der Waals surface area contributed by atoms with Gasteiger partial charge in [0.25, 0.3) is 0 Å². The number of carbonyl (C=O) groups is 1. The fourth-order valence-electron chi connectivity index (χ4n) is 2.06. The molecule has 0 fully saturated rings. The number of carboxylic acids is 1. The molecule has 1 aromatic heterocycles. The summed E-state index contributed by atoms with van der Waals surface area (Å²) in [4.78, 5) is 12.2. The summed E-state index contributed by atoms with van der Waals surface area (Å²) in [5.74, 6) is -1.43. The van der Waals surface area contributed by atoms with Gasteiger partial charge in [-0.3, -0.25) is 0 Å². The van der Waals surface area contributed by atoms with Gasteiger partial charge in [-0.2, -0.15) is 0 Å². The first-order chi connectivity index (χ1) is 8.27. The molecule has 18 heavy (non-hydrogen) atoms. The average Bonchev–Trinajstić information content (AvgIpc) is 2.71. The third kappa shape index (κ3) is 1.78. The summed E-state index contributed by atoms with van der Waals surface area (Å²) in [7, 11) is 0. The van der Waals surface area contributed by atoms with Gasteiger partial charge in [0.1, 0.15) is 6.10 Å². The maximum absolute atomic E-state index is 11.2. The molecule has 0 aromatic carbocycles. The molecule has 1 heterocycles. The Hall–Kier alpha value is -1.21. The van der Waals surface area contributed by atoms with E-state index >= 15 is 0 Å². The number of rotatable bonds is 2. The van der Waals surface area contributed by atoms with E-state index < -0.39 is 30.2 Å². The van der Waals surface area contributed by atoms with Crippen LogP contribution in [0.15, 0.2) is 12.6 Å². The van der Waals surface area contributed by atoms with Gasteiger partial charge in [0.2, 0.25) is 0 Å². The van der Waals surface area contributed by atoms with Gasteiger partial charge >= 0.3 is 5.97 Å². The number of aliphatic hydroxyl groups is 3. The first-order valence-corrected chi connectivity index (χ1v) is 6.21. The van der Waals surface area contributed by atoms with Crippen LogP contribution in [0.1, 0.15) is 34.8 Å². The third-order valence-corrected chi connectivity index (χ3v) is 4.49. The van der Waals surface area contributed by atoms with Crippen LogP contribution < -0.4 is 0 Å². The number of aliphatic hydroxyl groups excluding tert-OH is 2. The van der Waals surface area contributed by atoms with Gasteiger partial charge in [0, 0.05) is 21.7 Å². The fraction of sp³-hybridized carbons (Fsp3) is 0.417. The summed E-state index contributed by atoms with van der Waals surface area (Å²) < 4.78 is 0. The van der Waals surface area contributed by atoms with Crippen LogP contribution >= 0.6 is 11.3 Å². The van der Waals surface area contributed by atoms with Crippen molar-refractivity contribution in [3.8, 4) is 0 Å². The van der Waals surface area contributed by atoms with Crippen molar-refractivity contribution in [3.05, 3.63) is 28.0 Å². The molecule has 0 radical (unpaired) electrons. The zero-order valence-corrected chi connectivity index (χ0v) is 10.6. The van der Waals surface area contributed by atoms with Crippen molar-refractivity contribution in [2.45, 2.75) is 31.2 Å². The molecule has 1 aliphatic rings. The first kappa shape index (κ1) is 13.2. The van der Waals surface area contributed by atoms with Gasteiger partial charge in [-0.25, -0.2) is 4.79 Å². The molecule has 2 rings (SSSR count). The van der Waals surface area contributed by atoms with E-state index in [4.69, 9.17) is 5.11 Å². The maximum atomic E-state index is 11.2. The van der Waals surface area contributed by atoms with Crippen molar-refractivity contribution in [1.82, 2.24) is 0 Å². The van der Waals surface area contributed by atoms with Crippen LogP contribution in [0.2, 0.25) is 0 Å². The highest BCUT2D eigenvalue weighted by Gasteiger charge is 2.49. The lowest BCUT2D eigenvalue weighted by molar-refractivity contribution is -0.168. The Balaban J connectivity index is 2.63. The summed E-state index contributed by atoms with van der Waals surface area (Å²) in [5.41, 5.74) is -1.29. The van der Waals surface area contributed by atoms with Crippen molar-refractivity contribution in [1.29, 1.82) is 0 Å². The number of thiophene rings is 1. The summed E-state index contributed by atoms with van der Waals surface area (Å²) in [6, 6.07) is 1.52. The molecule has 0 bridgehead atoms. The second-order valence-electron chi connectivity index (χ2n) is 4.55. The molecule has 0 saturated carbocycles. The zero-order valence-electron chi connectivity index (χ0n) is 9.75. The Morgan fingerprint density at radius 3 is 2.67 bits per heavy atom. The molecule has 1 aromatic rings. The standard InChI is InChI=1S/C12H14O5S/c1-5(2)8-3-6-10(18-8)9(14)7(13)4-12(6,17)11(15)16/h3,7,9,13-14,17H,1,4H2,2H3,(H,15,16)/t7?,9-,12+/m0/s1. The molecule has 0 amide bonds. The third-order valence-electron chi connectivity index (χ3n) is 3.12. The molecule has 1 aliphatic carbocycles. The quantitative estimate of drug-likeness (QED) is 0.638. The molecule has 1 unspecified atom stereocenters. The molecule has 4 N–H and O–H groups in total. The Bertz CT molecular complexity index is 521. The first-order valence-electron chi connectivity index (χ1n) is 5.39. The summed E-state index contributed by atoms with van der Waals surface area (Å²) >= 11 is 1.14. The molecule has 3 atom stereocenters. The second kappa shape index (κ2) is 4.17. The topological polar surface area (TPSA) is 98.0 Å². The van der Waals surface area contributed by atoms with Crippen LogP contribution in [-0.4, -0.2) is 32.5 Å². The van der Waals surface area contributed by atoms with E-state index in [2.05, 4.69) is 6.58 Å². The van der Waals surface area contributed by atoms with E-state index in [1.54, 1.807) is 6.92 Å². The lowest BCUT2D eigenvalue weighted by Crippen LogP contribution is -2.44. The summed E-state index contributed by atoms with van der Waals surface area (Å²) in [6.07, 6.45) is -2.89. The fourth-order valence-corrected chi connectivity index (χ4v) is 3.26. The number of allylic oxidation sites excluding steroid dienone is 1. The predicted molar refractivity (Wildman–Crippen MR) is 66.1 cm³/mol. The normalized spacial score (nSPS) is 30.9.